The maximum Gasteiger partial charge on any atom is 0.314 e. The summed E-state index contributed by atoms with van der Waals surface area (Å²) in [7, 11) is 0. The van der Waals surface area contributed by atoms with Gasteiger partial charge in [0.2, 0.25) is 0 Å². The van der Waals surface area contributed by atoms with Crippen LogP contribution in [0.1, 0.15) is 37.3 Å². The Balaban J connectivity index is 2.29. The van der Waals surface area contributed by atoms with Crippen molar-refractivity contribution in [1.29, 1.82) is 0 Å². The molecule has 0 aliphatic heterocycles. The van der Waals surface area contributed by atoms with Gasteiger partial charge in [0.1, 0.15) is 6.17 Å². The molecule has 0 spiro atoms. The van der Waals surface area contributed by atoms with Crippen LogP contribution in [0.2, 0.25) is 0 Å². The second-order valence-corrected chi connectivity index (χ2v) is 4.93. The third-order valence-corrected chi connectivity index (χ3v) is 3.61. The molecule has 1 aromatic rings. The fourth-order valence-electron chi connectivity index (χ4n) is 2.48. The normalized spacial score (nSPS) is 19.4. The number of hydrogen-bond donors (Lipinski definition) is 1. The van der Waals surface area contributed by atoms with Crippen molar-refractivity contribution in [3.05, 3.63) is 35.4 Å². The number of carbonyl (C=O) groups is 1. The fourth-order valence-corrected chi connectivity index (χ4v) is 2.48. The molecule has 2 rings (SSSR count). The molecule has 0 bridgehead atoms. The molecule has 1 N–H and O–H groups in total. The summed E-state index contributed by atoms with van der Waals surface area (Å²) < 4.78 is 13.0. The van der Waals surface area contributed by atoms with E-state index < -0.39 is 17.6 Å². The van der Waals surface area contributed by atoms with Crippen molar-refractivity contribution >= 4 is 5.97 Å². The second-order valence-electron chi connectivity index (χ2n) is 4.93. The molecule has 1 unspecified atom stereocenters. The average molecular weight is 236 g/mol. The predicted molar refractivity (Wildman–Crippen MR) is 63.9 cm³/mol. The Morgan fingerprint density at radius 3 is 2.71 bits per heavy atom. The molecule has 1 fully saturated rings. The van der Waals surface area contributed by atoms with Gasteiger partial charge in [0.05, 0.1) is 5.41 Å². The van der Waals surface area contributed by atoms with Gasteiger partial charge in [-0.1, -0.05) is 30.7 Å². The van der Waals surface area contributed by atoms with Crippen LogP contribution in [-0.2, 0) is 16.6 Å². The van der Waals surface area contributed by atoms with E-state index in [0.29, 0.717) is 19.3 Å². The summed E-state index contributed by atoms with van der Waals surface area (Å²) in [5.74, 6) is -0.755. The van der Waals surface area contributed by atoms with Crippen molar-refractivity contribution in [2.75, 3.05) is 0 Å². The van der Waals surface area contributed by atoms with Crippen molar-refractivity contribution in [3.63, 3.8) is 0 Å². The maximum absolute atomic E-state index is 13.0. The molecule has 0 radical (unpaired) electrons. The quantitative estimate of drug-likeness (QED) is 0.872. The van der Waals surface area contributed by atoms with Crippen LogP contribution in [0, 0.1) is 0 Å². The maximum atomic E-state index is 13.0. The lowest BCUT2D eigenvalue weighted by Gasteiger charge is -2.38. The lowest BCUT2D eigenvalue weighted by Crippen LogP contribution is -2.42. The highest BCUT2D eigenvalue weighted by Crippen LogP contribution is 2.44. The van der Waals surface area contributed by atoms with E-state index in [4.69, 9.17) is 0 Å². The first-order chi connectivity index (χ1) is 8.04. The zero-order valence-electron chi connectivity index (χ0n) is 9.95. The van der Waals surface area contributed by atoms with Gasteiger partial charge < -0.3 is 5.11 Å². The SMILES string of the molecule is CC(F)Cc1cccc(C2(C(=O)O)CCC2)c1. The van der Waals surface area contributed by atoms with E-state index in [1.807, 2.05) is 24.3 Å². The molecule has 92 valence electrons. The van der Waals surface area contributed by atoms with Gasteiger partial charge in [-0.3, -0.25) is 4.79 Å². The molecule has 1 aromatic carbocycles. The number of hydrogen-bond acceptors (Lipinski definition) is 1. The molecule has 1 aliphatic carbocycles. The van der Waals surface area contributed by atoms with Crippen LogP contribution >= 0.6 is 0 Å². The number of carboxylic acid groups (broad SMARTS) is 1. The molecule has 0 heterocycles. The van der Waals surface area contributed by atoms with Crippen molar-refractivity contribution < 1.29 is 14.3 Å². The van der Waals surface area contributed by atoms with Gasteiger partial charge in [-0.2, -0.15) is 0 Å². The molecule has 0 aromatic heterocycles. The Hall–Kier alpha value is -1.38. The lowest BCUT2D eigenvalue weighted by molar-refractivity contribution is -0.147. The van der Waals surface area contributed by atoms with Crippen molar-refractivity contribution in [3.8, 4) is 0 Å². The monoisotopic (exact) mass is 236 g/mol. The van der Waals surface area contributed by atoms with E-state index in [0.717, 1.165) is 17.5 Å². The highest BCUT2D eigenvalue weighted by molar-refractivity contribution is 5.82. The molecule has 2 nitrogen and oxygen atoms in total. The molecule has 0 saturated heterocycles. The Bertz CT molecular complexity index is 422. The van der Waals surface area contributed by atoms with Crippen LogP contribution < -0.4 is 0 Å². The number of benzene rings is 1. The Kier molecular flexibility index (Phi) is 3.18. The van der Waals surface area contributed by atoms with Gasteiger partial charge in [0, 0.05) is 6.42 Å². The third kappa shape index (κ3) is 2.19. The van der Waals surface area contributed by atoms with E-state index in [-0.39, 0.29) is 0 Å². The Labute approximate surface area is 100 Å². The summed E-state index contributed by atoms with van der Waals surface area (Å²) >= 11 is 0. The molecule has 0 amide bonds. The number of halogens is 1. The zero-order chi connectivity index (χ0) is 12.5. The van der Waals surface area contributed by atoms with Gasteiger partial charge in [-0.25, -0.2) is 4.39 Å². The number of rotatable bonds is 4. The number of carboxylic acids is 1. The number of aliphatic carboxylic acids is 1. The standard InChI is InChI=1S/C14H17FO2/c1-10(15)8-11-4-2-5-12(9-11)14(13(16)17)6-3-7-14/h2,4-5,9-10H,3,6-8H2,1H3,(H,16,17). The van der Waals surface area contributed by atoms with E-state index in [9.17, 15) is 14.3 Å². The molecule has 1 aliphatic rings. The van der Waals surface area contributed by atoms with Crippen LogP contribution in [0.3, 0.4) is 0 Å². The summed E-state index contributed by atoms with van der Waals surface area (Å²) in [4.78, 5) is 11.4. The summed E-state index contributed by atoms with van der Waals surface area (Å²) in [6.45, 7) is 1.52. The number of alkyl halides is 1. The van der Waals surface area contributed by atoms with Crippen LogP contribution in [-0.4, -0.2) is 17.2 Å². The van der Waals surface area contributed by atoms with Crippen LogP contribution in [0.4, 0.5) is 4.39 Å². The summed E-state index contributed by atoms with van der Waals surface area (Å²) in [5, 5.41) is 9.34. The van der Waals surface area contributed by atoms with Gasteiger partial charge >= 0.3 is 5.97 Å². The minimum absolute atomic E-state index is 0.351. The summed E-state index contributed by atoms with van der Waals surface area (Å²) in [6, 6.07) is 7.38. The molecule has 17 heavy (non-hydrogen) atoms. The van der Waals surface area contributed by atoms with E-state index >= 15 is 0 Å². The minimum atomic E-state index is -0.896. The average Bonchev–Trinajstić information content (AvgIpc) is 2.14. The molecule has 1 saturated carbocycles. The van der Waals surface area contributed by atoms with E-state index in [1.165, 1.54) is 6.92 Å². The van der Waals surface area contributed by atoms with Gasteiger partial charge in [-0.05, 0) is 30.9 Å². The van der Waals surface area contributed by atoms with E-state index in [1.54, 1.807) is 0 Å². The third-order valence-electron chi connectivity index (χ3n) is 3.61. The molecule has 3 heteroatoms. The van der Waals surface area contributed by atoms with Crippen LogP contribution in [0.25, 0.3) is 0 Å². The van der Waals surface area contributed by atoms with Crippen molar-refractivity contribution in [2.24, 2.45) is 0 Å². The topological polar surface area (TPSA) is 37.3 Å². The van der Waals surface area contributed by atoms with Crippen molar-refractivity contribution in [1.82, 2.24) is 0 Å². The Morgan fingerprint density at radius 2 is 2.24 bits per heavy atom. The van der Waals surface area contributed by atoms with E-state index in [2.05, 4.69) is 0 Å². The van der Waals surface area contributed by atoms with Crippen LogP contribution in [0.5, 0.6) is 0 Å². The largest absolute Gasteiger partial charge is 0.481 e. The molecule has 1 atom stereocenters. The fraction of sp³-hybridized carbons (Fsp3) is 0.500. The molecular weight excluding hydrogens is 219 g/mol. The van der Waals surface area contributed by atoms with Gasteiger partial charge in [-0.15, -0.1) is 0 Å². The Morgan fingerprint density at radius 1 is 1.53 bits per heavy atom. The highest BCUT2D eigenvalue weighted by Gasteiger charge is 2.45. The van der Waals surface area contributed by atoms with Gasteiger partial charge in [0.15, 0.2) is 0 Å². The zero-order valence-corrected chi connectivity index (χ0v) is 9.95. The lowest BCUT2D eigenvalue weighted by atomic mass is 9.64. The van der Waals surface area contributed by atoms with Crippen LogP contribution in [0.15, 0.2) is 24.3 Å². The first-order valence-electron chi connectivity index (χ1n) is 6.01. The predicted octanol–water partition coefficient (Wildman–Crippen LogP) is 3.09. The smallest absolute Gasteiger partial charge is 0.314 e. The first-order valence-corrected chi connectivity index (χ1v) is 6.01. The molecular formula is C14H17FO2. The summed E-state index contributed by atoms with van der Waals surface area (Å²) in [6.07, 6.45) is 1.79. The minimum Gasteiger partial charge on any atom is -0.481 e. The van der Waals surface area contributed by atoms with Crippen molar-refractivity contribution in [2.45, 2.75) is 44.2 Å². The second kappa shape index (κ2) is 4.47. The highest BCUT2D eigenvalue weighted by atomic mass is 19.1. The first kappa shape index (κ1) is 12.1. The van der Waals surface area contributed by atoms with Gasteiger partial charge in [0.25, 0.3) is 0 Å². The summed E-state index contributed by atoms with van der Waals surface area (Å²) in [5.41, 5.74) is 0.995.